The maximum absolute atomic E-state index is 4.39. The summed E-state index contributed by atoms with van der Waals surface area (Å²) in [7, 11) is 0. The molecular formula is C11H11BrN2. The zero-order valence-electron chi connectivity index (χ0n) is 7.73. The Balaban J connectivity index is 2.11. The number of aromatic nitrogens is 2. The van der Waals surface area contributed by atoms with Crippen molar-refractivity contribution in [3.8, 4) is 0 Å². The molecule has 0 aliphatic carbocycles. The van der Waals surface area contributed by atoms with Crippen LogP contribution in [0.4, 0.5) is 0 Å². The first kappa shape index (κ1) is 9.46. The third-order valence-electron chi connectivity index (χ3n) is 2.02. The van der Waals surface area contributed by atoms with Gasteiger partial charge in [0.15, 0.2) is 0 Å². The third-order valence-corrected chi connectivity index (χ3v) is 2.59. The quantitative estimate of drug-likeness (QED) is 0.767. The van der Waals surface area contributed by atoms with Crippen LogP contribution in [-0.2, 0) is 11.9 Å². The highest BCUT2D eigenvalue weighted by atomic mass is 79.9. The zero-order chi connectivity index (χ0) is 9.80. The molecule has 0 bridgehead atoms. The van der Waals surface area contributed by atoms with Crippen LogP contribution >= 0.6 is 15.9 Å². The lowest BCUT2D eigenvalue weighted by atomic mass is 10.2. The van der Waals surface area contributed by atoms with E-state index in [2.05, 4.69) is 33.2 Å². The molecule has 0 N–H and O–H groups in total. The fourth-order valence-electron chi connectivity index (χ4n) is 1.33. The monoisotopic (exact) mass is 250 g/mol. The van der Waals surface area contributed by atoms with Crippen LogP contribution in [0.2, 0.25) is 0 Å². The Morgan fingerprint density at radius 3 is 2.57 bits per heavy atom. The van der Waals surface area contributed by atoms with Crippen molar-refractivity contribution in [3.63, 3.8) is 0 Å². The van der Waals surface area contributed by atoms with Crippen molar-refractivity contribution < 1.29 is 0 Å². The average Bonchev–Trinajstić information content (AvgIpc) is 2.67. The van der Waals surface area contributed by atoms with Crippen molar-refractivity contribution in [2.24, 2.45) is 0 Å². The first-order chi connectivity index (χ1) is 6.88. The van der Waals surface area contributed by atoms with Crippen LogP contribution in [0.3, 0.4) is 0 Å². The second-order valence-corrected chi connectivity index (χ2v) is 3.68. The second-order valence-electron chi connectivity index (χ2n) is 3.12. The van der Waals surface area contributed by atoms with Gasteiger partial charge in [-0.3, -0.25) is 4.68 Å². The molecule has 2 aromatic rings. The number of halogens is 1. The molecule has 0 spiro atoms. The maximum Gasteiger partial charge on any atom is 0.0730 e. The molecule has 1 aromatic heterocycles. The van der Waals surface area contributed by atoms with E-state index in [0.717, 1.165) is 17.6 Å². The minimum absolute atomic E-state index is 0.814. The summed E-state index contributed by atoms with van der Waals surface area (Å²) in [6.07, 6.45) is 2.00. The molecule has 0 amide bonds. The largest absolute Gasteiger partial charge is 0.268 e. The number of benzene rings is 1. The molecule has 1 heterocycles. The van der Waals surface area contributed by atoms with E-state index in [9.17, 15) is 0 Å². The van der Waals surface area contributed by atoms with Gasteiger partial charge in [0.1, 0.15) is 0 Å². The van der Waals surface area contributed by atoms with Gasteiger partial charge in [-0.1, -0.05) is 46.3 Å². The van der Waals surface area contributed by atoms with Crippen LogP contribution < -0.4 is 0 Å². The summed E-state index contributed by atoms with van der Waals surface area (Å²) >= 11 is 3.38. The lowest BCUT2D eigenvalue weighted by Gasteiger charge is -2.00. The number of nitrogens with zero attached hydrogens (tertiary/aromatic N) is 2. The molecule has 0 aliphatic heterocycles. The van der Waals surface area contributed by atoms with Crippen LogP contribution in [0.1, 0.15) is 11.3 Å². The number of hydrogen-bond donors (Lipinski definition) is 0. The zero-order valence-corrected chi connectivity index (χ0v) is 9.31. The molecule has 0 saturated heterocycles. The Morgan fingerprint density at radius 1 is 1.14 bits per heavy atom. The Hall–Kier alpha value is -1.09. The van der Waals surface area contributed by atoms with Crippen LogP contribution in [0.25, 0.3) is 0 Å². The first-order valence-electron chi connectivity index (χ1n) is 4.51. The molecule has 0 atom stereocenters. The average molecular weight is 251 g/mol. The molecule has 0 radical (unpaired) electrons. The van der Waals surface area contributed by atoms with E-state index in [0.29, 0.717) is 0 Å². The SMILES string of the molecule is BrCc1ccn(Cc2ccccc2)n1. The van der Waals surface area contributed by atoms with E-state index in [-0.39, 0.29) is 0 Å². The number of rotatable bonds is 3. The highest BCUT2D eigenvalue weighted by molar-refractivity contribution is 9.08. The molecular weight excluding hydrogens is 240 g/mol. The predicted molar refractivity (Wildman–Crippen MR) is 60.4 cm³/mol. The van der Waals surface area contributed by atoms with Gasteiger partial charge in [0, 0.05) is 11.5 Å². The molecule has 0 aliphatic rings. The lowest BCUT2D eigenvalue weighted by Crippen LogP contribution is -2.00. The Kier molecular flexibility index (Phi) is 2.99. The summed E-state index contributed by atoms with van der Waals surface area (Å²) in [5.74, 6) is 0. The van der Waals surface area contributed by atoms with Crippen molar-refractivity contribution in [2.45, 2.75) is 11.9 Å². The molecule has 3 heteroatoms. The normalized spacial score (nSPS) is 10.4. The van der Waals surface area contributed by atoms with Gasteiger partial charge in [0.05, 0.1) is 12.2 Å². The summed E-state index contributed by atoms with van der Waals surface area (Å²) in [5.41, 5.74) is 2.35. The minimum Gasteiger partial charge on any atom is -0.268 e. The molecule has 0 fully saturated rings. The minimum atomic E-state index is 0.814. The van der Waals surface area contributed by atoms with Gasteiger partial charge < -0.3 is 0 Å². The standard InChI is InChI=1S/C11H11BrN2/c12-8-11-6-7-14(13-11)9-10-4-2-1-3-5-10/h1-7H,8-9H2. The first-order valence-corrected chi connectivity index (χ1v) is 5.63. The van der Waals surface area contributed by atoms with E-state index in [4.69, 9.17) is 0 Å². The molecule has 14 heavy (non-hydrogen) atoms. The van der Waals surface area contributed by atoms with Crippen LogP contribution in [0.15, 0.2) is 42.6 Å². The van der Waals surface area contributed by atoms with Crippen molar-refractivity contribution in [1.29, 1.82) is 0 Å². The van der Waals surface area contributed by atoms with Crippen molar-refractivity contribution >= 4 is 15.9 Å². The van der Waals surface area contributed by atoms with Gasteiger partial charge >= 0.3 is 0 Å². The predicted octanol–water partition coefficient (Wildman–Crippen LogP) is 2.83. The van der Waals surface area contributed by atoms with Crippen molar-refractivity contribution in [1.82, 2.24) is 9.78 Å². The van der Waals surface area contributed by atoms with Crippen molar-refractivity contribution in [3.05, 3.63) is 53.9 Å². The van der Waals surface area contributed by atoms with Crippen LogP contribution in [0, 0.1) is 0 Å². The summed E-state index contributed by atoms with van der Waals surface area (Å²) in [6.45, 7) is 0.841. The number of alkyl halides is 1. The molecule has 0 unspecified atom stereocenters. The van der Waals surface area contributed by atoms with Gasteiger partial charge in [0.25, 0.3) is 0 Å². The Bertz CT molecular complexity index is 395. The van der Waals surface area contributed by atoms with Crippen molar-refractivity contribution in [2.75, 3.05) is 0 Å². The Labute approximate surface area is 91.7 Å². The lowest BCUT2D eigenvalue weighted by molar-refractivity contribution is 0.679. The number of hydrogen-bond acceptors (Lipinski definition) is 1. The van der Waals surface area contributed by atoms with E-state index in [1.54, 1.807) is 0 Å². The third kappa shape index (κ3) is 2.23. The molecule has 72 valence electrons. The van der Waals surface area contributed by atoms with Gasteiger partial charge in [-0.2, -0.15) is 5.10 Å². The fourth-order valence-corrected chi connectivity index (χ4v) is 1.63. The van der Waals surface area contributed by atoms with E-state index in [1.165, 1.54) is 5.56 Å². The van der Waals surface area contributed by atoms with E-state index in [1.807, 2.05) is 35.1 Å². The van der Waals surface area contributed by atoms with Crippen LogP contribution in [-0.4, -0.2) is 9.78 Å². The summed E-state index contributed by atoms with van der Waals surface area (Å²) in [4.78, 5) is 0. The smallest absolute Gasteiger partial charge is 0.0730 e. The summed E-state index contributed by atoms with van der Waals surface area (Å²) in [6, 6.07) is 12.4. The van der Waals surface area contributed by atoms with E-state index < -0.39 is 0 Å². The van der Waals surface area contributed by atoms with Gasteiger partial charge in [-0.25, -0.2) is 0 Å². The van der Waals surface area contributed by atoms with Crippen LogP contribution in [0.5, 0.6) is 0 Å². The van der Waals surface area contributed by atoms with Gasteiger partial charge in [0.2, 0.25) is 0 Å². The highest BCUT2D eigenvalue weighted by Crippen LogP contribution is 2.05. The summed E-state index contributed by atoms with van der Waals surface area (Å²) < 4.78 is 1.95. The molecule has 1 aromatic carbocycles. The second kappa shape index (κ2) is 4.42. The highest BCUT2D eigenvalue weighted by Gasteiger charge is 1.97. The van der Waals surface area contributed by atoms with E-state index >= 15 is 0 Å². The maximum atomic E-state index is 4.39. The fraction of sp³-hybridized carbons (Fsp3) is 0.182. The molecule has 0 saturated carbocycles. The van der Waals surface area contributed by atoms with Gasteiger partial charge in [-0.05, 0) is 11.6 Å². The van der Waals surface area contributed by atoms with Gasteiger partial charge in [-0.15, -0.1) is 0 Å². The summed E-state index contributed by atoms with van der Waals surface area (Å²) in [5, 5.41) is 5.21. The topological polar surface area (TPSA) is 17.8 Å². The Morgan fingerprint density at radius 2 is 1.93 bits per heavy atom. The molecule has 2 rings (SSSR count). The molecule has 2 nitrogen and oxygen atoms in total.